The van der Waals surface area contributed by atoms with Crippen LogP contribution < -0.4 is 5.73 Å². The number of hydrogen-bond acceptors (Lipinski definition) is 1. The second kappa shape index (κ2) is 2.98. The molecule has 0 aliphatic rings. The fraction of sp³-hybridized carbons (Fsp3) is 0.0909. The number of benzene rings is 1. The number of aromatic amines is 1. The lowest BCUT2D eigenvalue weighted by Gasteiger charge is -1.98. The van der Waals surface area contributed by atoms with Crippen molar-refractivity contribution in [2.24, 2.45) is 0 Å². The Morgan fingerprint density at radius 1 is 1.15 bits per heavy atom. The number of anilines is 1. The van der Waals surface area contributed by atoms with E-state index in [1.807, 2.05) is 31.3 Å². The number of hydrogen-bond donors (Lipinski definition) is 2. The Balaban J connectivity index is 2.53. The van der Waals surface area contributed by atoms with Crippen molar-refractivity contribution in [3.8, 4) is 11.1 Å². The van der Waals surface area contributed by atoms with Crippen LogP contribution in [0.25, 0.3) is 11.1 Å². The molecule has 2 heteroatoms. The summed E-state index contributed by atoms with van der Waals surface area (Å²) in [5, 5.41) is 0. The molecule has 1 aromatic heterocycles. The number of nitrogens with one attached hydrogen (secondary N) is 1. The molecule has 0 saturated carbocycles. The van der Waals surface area contributed by atoms with Gasteiger partial charge < -0.3 is 10.7 Å². The predicted octanol–water partition coefficient (Wildman–Crippen LogP) is 2.57. The molecule has 1 heterocycles. The first-order valence-corrected chi connectivity index (χ1v) is 4.28. The number of H-pyrrole nitrogens is 1. The van der Waals surface area contributed by atoms with E-state index in [0.717, 1.165) is 22.5 Å². The number of rotatable bonds is 1. The monoisotopic (exact) mass is 172 g/mol. The summed E-state index contributed by atoms with van der Waals surface area (Å²) in [6.45, 7) is 1.97. The van der Waals surface area contributed by atoms with Gasteiger partial charge >= 0.3 is 0 Å². The third kappa shape index (κ3) is 1.31. The van der Waals surface area contributed by atoms with Crippen LogP contribution in [0.15, 0.2) is 36.5 Å². The van der Waals surface area contributed by atoms with Crippen molar-refractivity contribution in [1.82, 2.24) is 4.98 Å². The van der Waals surface area contributed by atoms with Crippen LogP contribution in [-0.4, -0.2) is 4.98 Å². The fourth-order valence-electron chi connectivity index (χ4n) is 1.39. The highest BCUT2D eigenvalue weighted by Gasteiger charge is 2.04. The third-order valence-electron chi connectivity index (χ3n) is 2.21. The lowest BCUT2D eigenvalue weighted by atomic mass is 10.1. The van der Waals surface area contributed by atoms with E-state index in [2.05, 4.69) is 17.1 Å². The Labute approximate surface area is 77.4 Å². The molecule has 0 radical (unpaired) electrons. The van der Waals surface area contributed by atoms with Crippen LogP contribution in [0.4, 0.5) is 5.69 Å². The predicted molar refractivity (Wildman–Crippen MR) is 55.4 cm³/mol. The van der Waals surface area contributed by atoms with Crippen LogP contribution in [0.5, 0.6) is 0 Å². The zero-order valence-electron chi connectivity index (χ0n) is 7.54. The van der Waals surface area contributed by atoms with Crippen LogP contribution in [-0.2, 0) is 0 Å². The molecule has 3 N–H and O–H groups in total. The van der Waals surface area contributed by atoms with Gasteiger partial charge in [0.15, 0.2) is 0 Å². The largest absolute Gasteiger partial charge is 0.397 e. The Morgan fingerprint density at radius 2 is 1.85 bits per heavy atom. The maximum Gasteiger partial charge on any atom is 0.0601 e. The zero-order valence-corrected chi connectivity index (χ0v) is 7.54. The summed E-state index contributed by atoms with van der Waals surface area (Å²) in [6.07, 6.45) is 1.94. The van der Waals surface area contributed by atoms with Gasteiger partial charge in [-0.1, -0.05) is 30.3 Å². The lowest BCUT2D eigenvalue weighted by Crippen LogP contribution is -1.87. The molecule has 13 heavy (non-hydrogen) atoms. The number of aromatic nitrogens is 1. The SMILES string of the molecule is Cc1[nH]cc(-c2ccccc2)c1N. The highest BCUT2D eigenvalue weighted by atomic mass is 14.8. The number of nitrogens with two attached hydrogens (primary N) is 1. The van der Waals surface area contributed by atoms with Gasteiger partial charge in [0.2, 0.25) is 0 Å². The average Bonchev–Trinajstić information content (AvgIpc) is 2.49. The van der Waals surface area contributed by atoms with Gasteiger partial charge in [-0.05, 0) is 12.5 Å². The summed E-state index contributed by atoms with van der Waals surface area (Å²) in [7, 11) is 0. The molecule has 0 bridgehead atoms. The van der Waals surface area contributed by atoms with E-state index in [-0.39, 0.29) is 0 Å². The molecule has 1 aromatic carbocycles. The third-order valence-corrected chi connectivity index (χ3v) is 2.21. The molecular weight excluding hydrogens is 160 g/mol. The van der Waals surface area contributed by atoms with Crippen LogP contribution in [0.2, 0.25) is 0 Å². The van der Waals surface area contributed by atoms with E-state index in [1.54, 1.807) is 0 Å². The van der Waals surface area contributed by atoms with Crippen LogP contribution >= 0.6 is 0 Å². The molecule has 2 aromatic rings. The van der Waals surface area contributed by atoms with Gasteiger partial charge in [0, 0.05) is 17.5 Å². The van der Waals surface area contributed by atoms with Gasteiger partial charge in [0.1, 0.15) is 0 Å². The Hall–Kier alpha value is -1.70. The molecule has 66 valence electrons. The molecule has 2 rings (SSSR count). The minimum atomic E-state index is 0.839. The van der Waals surface area contributed by atoms with E-state index in [4.69, 9.17) is 5.73 Å². The van der Waals surface area contributed by atoms with Gasteiger partial charge in [0.05, 0.1) is 5.69 Å². The summed E-state index contributed by atoms with van der Waals surface area (Å²) < 4.78 is 0. The van der Waals surface area contributed by atoms with Crippen molar-refractivity contribution in [3.63, 3.8) is 0 Å². The summed E-state index contributed by atoms with van der Waals surface area (Å²) in [5.41, 5.74) is 10.0. The van der Waals surface area contributed by atoms with E-state index >= 15 is 0 Å². The topological polar surface area (TPSA) is 41.8 Å². The summed E-state index contributed by atoms with van der Waals surface area (Å²) >= 11 is 0. The quantitative estimate of drug-likeness (QED) is 0.682. The van der Waals surface area contributed by atoms with Crippen molar-refractivity contribution < 1.29 is 0 Å². The normalized spacial score (nSPS) is 10.2. The lowest BCUT2D eigenvalue weighted by molar-refractivity contribution is 1.27. The Morgan fingerprint density at radius 3 is 2.38 bits per heavy atom. The molecule has 0 unspecified atom stereocenters. The van der Waals surface area contributed by atoms with E-state index < -0.39 is 0 Å². The van der Waals surface area contributed by atoms with Gasteiger partial charge in [0.25, 0.3) is 0 Å². The molecule has 2 nitrogen and oxygen atoms in total. The van der Waals surface area contributed by atoms with Crippen molar-refractivity contribution in [2.75, 3.05) is 5.73 Å². The minimum absolute atomic E-state index is 0.839. The van der Waals surface area contributed by atoms with Gasteiger partial charge in [-0.2, -0.15) is 0 Å². The molecule has 0 aliphatic carbocycles. The highest BCUT2D eigenvalue weighted by Crippen LogP contribution is 2.27. The van der Waals surface area contributed by atoms with E-state index in [1.165, 1.54) is 0 Å². The molecule has 0 saturated heterocycles. The standard InChI is InChI=1S/C11H12N2/c1-8-11(12)10(7-13-8)9-5-3-2-4-6-9/h2-7,13H,12H2,1H3. The molecule has 0 amide bonds. The van der Waals surface area contributed by atoms with Crippen molar-refractivity contribution >= 4 is 5.69 Å². The van der Waals surface area contributed by atoms with Crippen molar-refractivity contribution in [2.45, 2.75) is 6.92 Å². The van der Waals surface area contributed by atoms with Crippen molar-refractivity contribution in [3.05, 3.63) is 42.2 Å². The summed E-state index contributed by atoms with van der Waals surface area (Å²) in [5.74, 6) is 0. The number of nitrogen functional groups attached to an aromatic ring is 1. The molecule has 0 fully saturated rings. The van der Waals surface area contributed by atoms with E-state index in [0.29, 0.717) is 0 Å². The maximum absolute atomic E-state index is 5.90. The van der Waals surface area contributed by atoms with Gasteiger partial charge in [-0.15, -0.1) is 0 Å². The van der Waals surface area contributed by atoms with Gasteiger partial charge in [-0.25, -0.2) is 0 Å². The molecule has 0 spiro atoms. The first-order chi connectivity index (χ1) is 6.29. The summed E-state index contributed by atoms with van der Waals surface area (Å²) in [6, 6.07) is 10.1. The minimum Gasteiger partial charge on any atom is -0.397 e. The Kier molecular flexibility index (Phi) is 1.81. The second-order valence-corrected chi connectivity index (χ2v) is 3.11. The van der Waals surface area contributed by atoms with Crippen molar-refractivity contribution in [1.29, 1.82) is 0 Å². The molecular formula is C11H12N2. The average molecular weight is 172 g/mol. The first-order valence-electron chi connectivity index (χ1n) is 4.28. The van der Waals surface area contributed by atoms with Crippen LogP contribution in [0.1, 0.15) is 5.69 Å². The Bertz CT molecular complexity index is 401. The number of aryl methyl sites for hydroxylation is 1. The summed E-state index contributed by atoms with van der Waals surface area (Å²) in [4.78, 5) is 3.11. The zero-order chi connectivity index (χ0) is 9.26. The van der Waals surface area contributed by atoms with Crippen LogP contribution in [0.3, 0.4) is 0 Å². The molecule has 0 atom stereocenters. The van der Waals surface area contributed by atoms with Gasteiger partial charge in [-0.3, -0.25) is 0 Å². The second-order valence-electron chi connectivity index (χ2n) is 3.11. The van der Waals surface area contributed by atoms with Crippen LogP contribution in [0, 0.1) is 6.92 Å². The highest BCUT2D eigenvalue weighted by molar-refractivity contribution is 5.77. The maximum atomic E-state index is 5.90. The fourth-order valence-corrected chi connectivity index (χ4v) is 1.39. The van der Waals surface area contributed by atoms with E-state index in [9.17, 15) is 0 Å². The first kappa shape index (κ1) is 7.92. The molecule has 0 aliphatic heterocycles. The smallest absolute Gasteiger partial charge is 0.0601 e.